The summed E-state index contributed by atoms with van der Waals surface area (Å²) in [6.45, 7) is 8.02. The van der Waals surface area contributed by atoms with Gasteiger partial charge in [-0.05, 0) is 46.7 Å². The van der Waals surface area contributed by atoms with Crippen molar-refractivity contribution in [3.63, 3.8) is 0 Å². The summed E-state index contributed by atoms with van der Waals surface area (Å²) in [5.74, 6) is 0.687. The summed E-state index contributed by atoms with van der Waals surface area (Å²) in [5, 5.41) is 0. The smallest absolute Gasteiger partial charge is 0.227 e. The molecular formula is C15H31N3O. The van der Waals surface area contributed by atoms with Gasteiger partial charge in [0.2, 0.25) is 5.91 Å². The van der Waals surface area contributed by atoms with Gasteiger partial charge in [0.25, 0.3) is 0 Å². The predicted octanol–water partition coefficient (Wildman–Crippen LogP) is 1.55. The minimum Gasteiger partial charge on any atom is -0.339 e. The van der Waals surface area contributed by atoms with E-state index in [4.69, 9.17) is 5.73 Å². The lowest BCUT2D eigenvalue weighted by Crippen LogP contribution is -2.52. The summed E-state index contributed by atoms with van der Waals surface area (Å²) in [6, 6.07) is 0.283. The second-order valence-corrected chi connectivity index (χ2v) is 6.33. The molecule has 1 aliphatic carbocycles. The molecule has 1 saturated carbocycles. The standard InChI is InChI=1S/C15H31N3O/c1-6-18(12(3)10-17(4)5)15(19)14-11(2)8-7-9-13(14)16/h11-14H,6-10,16H2,1-5H3. The second kappa shape index (κ2) is 7.25. The SMILES string of the molecule is CCN(C(=O)C1C(C)CCCC1N)C(C)CN(C)C. The van der Waals surface area contributed by atoms with Crippen molar-refractivity contribution in [2.75, 3.05) is 27.2 Å². The highest BCUT2D eigenvalue weighted by molar-refractivity contribution is 5.80. The van der Waals surface area contributed by atoms with Gasteiger partial charge in [0.15, 0.2) is 0 Å². The topological polar surface area (TPSA) is 49.6 Å². The Kier molecular flexibility index (Phi) is 6.27. The molecule has 4 heteroatoms. The summed E-state index contributed by atoms with van der Waals surface area (Å²) < 4.78 is 0. The molecule has 0 aromatic rings. The lowest BCUT2D eigenvalue weighted by Gasteiger charge is -2.39. The fourth-order valence-corrected chi connectivity index (χ4v) is 3.39. The maximum atomic E-state index is 12.8. The van der Waals surface area contributed by atoms with E-state index in [1.165, 1.54) is 0 Å². The molecule has 0 bridgehead atoms. The first-order valence-corrected chi connectivity index (χ1v) is 7.59. The molecule has 1 aliphatic rings. The third-order valence-electron chi connectivity index (χ3n) is 4.34. The lowest BCUT2D eigenvalue weighted by atomic mass is 9.76. The van der Waals surface area contributed by atoms with Gasteiger partial charge >= 0.3 is 0 Å². The van der Waals surface area contributed by atoms with E-state index in [-0.39, 0.29) is 23.9 Å². The van der Waals surface area contributed by atoms with Crippen LogP contribution in [0.25, 0.3) is 0 Å². The zero-order valence-corrected chi connectivity index (χ0v) is 13.2. The number of rotatable bonds is 5. The Balaban J connectivity index is 2.76. The largest absolute Gasteiger partial charge is 0.339 e. The van der Waals surface area contributed by atoms with E-state index in [0.29, 0.717) is 5.92 Å². The first-order valence-electron chi connectivity index (χ1n) is 7.59. The van der Waals surface area contributed by atoms with Gasteiger partial charge in [-0.1, -0.05) is 13.3 Å². The molecule has 4 unspecified atom stereocenters. The summed E-state index contributed by atoms with van der Waals surface area (Å²) in [6.07, 6.45) is 3.27. The highest BCUT2D eigenvalue weighted by atomic mass is 16.2. The molecule has 1 rings (SSSR count). The normalized spacial score (nSPS) is 29.3. The van der Waals surface area contributed by atoms with Crippen LogP contribution in [0.3, 0.4) is 0 Å². The van der Waals surface area contributed by atoms with Crippen molar-refractivity contribution in [2.45, 2.75) is 52.1 Å². The molecule has 0 aliphatic heterocycles. The molecule has 0 radical (unpaired) electrons. The fraction of sp³-hybridized carbons (Fsp3) is 0.933. The van der Waals surface area contributed by atoms with Crippen LogP contribution < -0.4 is 5.73 Å². The molecule has 0 saturated heterocycles. The summed E-state index contributed by atoms with van der Waals surface area (Å²) >= 11 is 0. The van der Waals surface area contributed by atoms with Gasteiger partial charge in [0.1, 0.15) is 0 Å². The zero-order chi connectivity index (χ0) is 14.6. The third-order valence-corrected chi connectivity index (χ3v) is 4.34. The predicted molar refractivity (Wildman–Crippen MR) is 79.9 cm³/mol. The van der Waals surface area contributed by atoms with Gasteiger partial charge in [-0.15, -0.1) is 0 Å². The zero-order valence-electron chi connectivity index (χ0n) is 13.2. The van der Waals surface area contributed by atoms with E-state index < -0.39 is 0 Å². The Bertz CT molecular complexity index is 283. The van der Waals surface area contributed by atoms with Crippen LogP contribution in [0.1, 0.15) is 40.0 Å². The van der Waals surface area contributed by atoms with Crippen molar-refractivity contribution < 1.29 is 4.79 Å². The number of hydrogen-bond acceptors (Lipinski definition) is 3. The summed E-state index contributed by atoms with van der Waals surface area (Å²) in [5.41, 5.74) is 6.21. The van der Waals surface area contributed by atoms with E-state index in [1.807, 2.05) is 19.0 Å². The maximum absolute atomic E-state index is 12.8. The monoisotopic (exact) mass is 269 g/mol. The number of amides is 1. The number of nitrogens with zero attached hydrogens (tertiary/aromatic N) is 2. The minimum absolute atomic E-state index is 0.0123. The van der Waals surface area contributed by atoms with Crippen LogP contribution in [-0.4, -0.2) is 55.0 Å². The molecule has 1 fully saturated rings. The number of carbonyl (C=O) groups is 1. The molecule has 4 nitrogen and oxygen atoms in total. The van der Waals surface area contributed by atoms with Crippen LogP contribution in [0.15, 0.2) is 0 Å². The van der Waals surface area contributed by atoms with Crippen LogP contribution in [0.2, 0.25) is 0 Å². The van der Waals surface area contributed by atoms with Gasteiger partial charge < -0.3 is 15.5 Å². The average Bonchev–Trinajstić information content (AvgIpc) is 2.28. The van der Waals surface area contributed by atoms with Crippen LogP contribution in [0.5, 0.6) is 0 Å². The Morgan fingerprint density at radius 1 is 1.37 bits per heavy atom. The highest BCUT2D eigenvalue weighted by Crippen LogP contribution is 2.30. The molecular weight excluding hydrogens is 238 g/mol. The van der Waals surface area contributed by atoms with E-state index >= 15 is 0 Å². The molecule has 0 aromatic carbocycles. The van der Waals surface area contributed by atoms with E-state index in [9.17, 15) is 4.79 Å². The van der Waals surface area contributed by atoms with Gasteiger partial charge in [0.05, 0.1) is 5.92 Å². The van der Waals surface area contributed by atoms with Crippen LogP contribution in [0, 0.1) is 11.8 Å². The van der Waals surface area contributed by atoms with Gasteiger partial charge in [-0.2, -0.15) is 0 Å². The van der Waals surface area contributed by atoms with Crippen molar-refractivity contribution in [1.29, 1.82) is 0 Å². The van der Waals surface area contributed by atoms with E-state index in [0.717, 1.165) is 32.4 Å². The molecule has 1 amide bonds. The fourth-order valence-electron chi connectivity index (χ4n) is 3.39. The Hall–Kier alpha value is -0.610. The van der Waals surface area contributed by atoms with Gasteiger partial charge in [-0.3, -0.25) is 4.79 Å². The molecule has 0 aromatic heterocycles. The molecule has 19 heavy (non-hydrogen) atoms. The van der Waals surface area contributed by atoms with Crippen molar-refractivity contribution in [2.24, 2.45) is 17.6 Å². The number of likely N-dealkylation sites (N-methyl/N-ethyl adjacent to an activating group) is 2. The maximum Gasteiger partial charge on any atom is 0.227 e. The van der Waals surface area contributed by atoms with Crippen molar-refractivity contribution in [1.82, 2.24) is 9.80 Å². The first kappa shape index (κ1) is 16.4. The Labute approximate surface area is 118 Å². The van der Waals surface area contributed by atoms with E-state index in [2.05, 4.69) is 25.7 Å². The lowest BCUT2D eigenvalue weighted by molar-refractivity contribution is -0.141. The molecule has 0 spiro atoms. The van der Waals surface area contributed by atoms with Crippen molar-refractivity contribution in [3.8, 4) is 0 Å². The second-order valence-electron chi connectivity index (χ2n) is 6.33. The summed E-state index contributed by atoms with van der Waals surface area (Å²) in [4.78, 5) is 16.9. The van der Waals surface area contributed by atoms with E-state index in [1.54, 1.807) is 0 Å². The minimum atomic E-state index is 0.0123. The summed E-state index contributed by atoms with van der Waals surface area (Å²) in [7, 11) is 4.09. The Morgan fingerprint density at radius 3 is 2.47 bits per heavy atom. The Morgan fingerprint density at radius 2 is 2.00 bits per heavy atom. The van der Waals surface area contributed by atoms with Gasteiger partial charge in [0, 0.05) is 25.2 Å². The first-order chi connectivity index (χ1) is 8.88. The number of hydrogen-bond donors (Lipinski definition) is 1. The third kappa shape index (κ3) is 4.18. The van der Waals surface area contributed by atoms with Gasteiger partial charge in [-0.25, -0.2) is 0 Å². The van der Waals surface area contributed by atoms with Crippen LogP contribution in [-0.2, 0) is 4.79 Å². The molecule has 0 heterocycles. The quantitative estimate of drug-likeness (QED) is 0.824. The molecule has 4 atom stereocenters. The molecule has 2 N–H and O–H groups in total. The van der Waals surface area contributed by atoms with Crippen molar-refractivity contribution in [3.05, 3.63) is 0 Å². The van der Waals surface area contributed by atoms with Crippen LogP contribution in [0.4, 0.5) is 0 Å². The number of nitrogens with two attached hydrogens (primary N) is 1. The average molecular weight is 269 g/mol. The molecule has 112 valence electrons. The number of carbonyl (C=O) groups excluding carboxylic acids is 1. The van der Waals surface area contributed by atoms with Crippen molar-refractivity contribution >= 4 is 5.91 Å². The van der Waals surface area contributed by atoms with Crippen LogP contribution >= 0.6 is 0 Å². The highest BCUT2D eigenvalue weighted by Gasteiger charge is 2.37.